The predicted molar refractivity (Wildman–Crippen MR) is 128 cm³/mol. The number of rotatable bonds is 8. The van der Waals surface area contributed by atoms with Crippen molar-refractivity contribution in [2.24, 2.45) is 0 Å². The fourth-order valence-electron chi connectivity index (χ4n) is 3.07. The molecule has 1 heterocycles. The maximum atomic E-state index is 12.7. The maximum absolute atomic E-state index is 12.7. The minimum absolute atomic E-state index is 0.158. The van der Waals surface area contributed by atoms with Crippen molar-refractivity contribution in [1.29, 1.82) is 0 Å². The monoisotopic (exact) mass is 501 g/mol. The van der Waals surface area contributed by atoms with Crippen molar-refractivity contribution in [2.75, 3.05) is 18.5 Å². The fourth-order valence-corrected chi connectivity index (χ4v) is 4.45. The third-order valence-corrected chi connectivity index (χ3v) is 6.04. The number of esters is 1. The van der Waals surface area contributed by atoms with E-state index >= 15 is 0 Å². The van der Waals surface area contributed by atoms with Gasteiger partial charge >= 0.3 is 5.97 Å². The lowest BCUT2D eigenvalue weighted by atomic mass is 10.0. The number of nitrogens with one attached hydrogen (secondary N) is 1. The average Bonchev–Trinajstić information content (AvgIpc) is 3.17. The Labute approximate surface area is 194 Å². The quantitative estimate of drug-likeness (QED) is 0.370. The lowest BCUT2D eigenvalue weighted by molar-refractivity contribution is -0.118. The molecule has 31 heavy (non-hydrogen) atoms. The van der Waals surface area contributed by atoms with Crippen LogP contribution in [0.2, 0.25) is 0 Å². The van der Waals surface area contributed by atoms with Gasteiger partial charge in [-0.1, -0.05) is 52.7 Å². The minimum atomic E-state index is -0.461. The molecule has 0 radical (unpaired) electrons. The molecule has 0 aliphatic heterocycles. The molecule has 5 nitrogen and oxygen atoms in total. The number of ether oxygens (including phenoxy) is 2. The van der Waals surface area contributed by atoms with E-state index in [9.17, 15) is 9.59 Å². The highest BCUT2D eigenvalue weighted by atomic mass is 79.9. The SMILES string of the molecule is CCOC(=O)c1c(-c2ccc(C)cc2)csc1NC(=O)COc1ccc(Br)cc1CC. The first kappa shape index (κ1) is 23.0. The molecule has 162 valence electrons. The van der Waals surface area contributed by atoms with Gasteiger partial charge in [-0.3, -0.25) is 4.79 Å². The van der Waals surface area contributed by atoms with Gasteiger partial charge in [0.15, 0.2) is 6.61 Å². The highest BCUT2D eigenvalue weighted by Gasteiger charge is 2.23. The standard InChI is InChI=1S/C24H24BrNO4S/c1-4-16-12-18(25)10-11-20(16)30-13-21(27)26-23-22(24(28)29-5-2)19(14-31-23)17-8-6-15(3)7-9-17/h6-12,14H,4-5,13H2,1-3H3,(H,26,27). The van der Waals surface area contributed by atoms with E-state index in [4.69, 9.17) is 9.47 Å². The van der Waals surface area contributed by atoms with E-state index in [0.29, 0.717) is 16.3 Å². The Hall–Kier alpha value is -2.64. The minimum Gasteiger partial charge on any atom is -0.483 e. The first-order chi connectivity index (χ1) is 14.9. The smallest absolute Gasteiger partial charge is 0.341 e. The number of benzene rings is 2. The molecule has 0 fully saturated rings. The van der Waals surface area contributed by atoms with Crippen LogP contribution < -0.4 is 10.1 Å². The first-order valence-electron chi connectivity index (χ1n) is 9.99. The van der Waals surface area contributed by atoms with Gasteiger partial charge in [0.25, 0.3) is 5.91 Å². The summed E-state index contributed by atoms with van der Waals surface area (Å²) in [5.41, 5.74) is 4.13. The molecule has 2 aromatic carbocycles. The van der Waals surface area contributed by atoms with Gasteiger partial charge in [0, 0.05) is 15.4 Å². The number of amides is 1. The van der Waals surface area contributed by atoms with E-state index in [2.05, 4.69) is 21.2 Å². The van der Waals surface area contributed by atoms with Crippen LogP contribution in [0.1, 0.15) is 35.3 Å². The topological polar surface area (TPSA) is 64.6 Å². The Morgan fingerprint density at radius 3 is 2.52 bits per heavy atom. The molecule has 0 bridgehead atoms. The van der Waals surface area contributed by atoms with Crippen LogP contribution in [0.15, 0.2) is 52.3 Å². The number of hydrogen-bond acceptors (Lipinski definition) is 5. The van der Waals surface area contributed by atoms with Crippen molar-refractivity contribution in [3.8, 4) is 16.9 Å². The predicted octanol–water partition coefficient (Wildman–Crippen LogP) is 6.24. The molecule has 0 atom stereocenters. The van der Waals surface area contributed by atoms with Crippen molar-refractivity contribution >= 4 is 44.1 Å². The second-order valence-corrected chi connectivity index (χ2v) is 8.68. The molecule has 3 aromatic rings. The number of carbonyl (C=O) groups is 2. The Balaban J connectivity index is 1.79. The van der Waals surface area contributed by atoms with E-state index in [1.165, 1.54) is 11.3 Å². The van der Waals surface area contributed by atoms with Gasteiger partial charge in [0.05, 0.1) is 6.61 Å². The van der Waals surface area contributed by atoms with Gasteiger partial charge in [-0.25, -0.2) is 4.79 Å². The molecule has 7 heteroatoms. The summed E-state index contributed by atoms with van der Waals surface area (Å²) in [7, 11) is 0. The molecule has 1 aromatic heterocycles. The molecule has 1 N–H and O–H groups in total. The molecule has 0 aliphatic rings. The molecule has 0 saturated carbocycles. The molecule has 0 aliphatic carbocycles. The highest BCUT2D eigenvalue weighted by molar-refractivity contribution is 9.10. The van der Waals surface area contributed by atoms with Gasteiger partial charge in [0.2, 0.25) is 0 Å². The summed E-state index contributed by atoms with van der Waals surface area (Å²) in [5.74, 6) is -0.137. The third-order valence-electron chi connectivity index (χ3n) is 4.65. The van der Waals surface area contributed by atoms with Crippen molar-refractivity contribution < 1.29 is 19.1 Å². The summed E-state index contributed by atoms with van der Waals surface area (Å²) >= 11 is 4.74. The number of hydrogen-bond donors (Lipinski definition) is 1. The van der Waals surface area contributed by atoms with Gasteiger partial charge in [-0.2, -0.15) is 0 Å². The molecular formula is C24H24BrNO4S. The van der Waals surface area contributed by atoms with Crippen LogP contribution in [0.25, 0.3) is 11.1 Å². The van der Waals surface area contributed by atoms with Gasteiger partial charge < -0.3 is 14.8 Å². The molecule has 0 spiro atoms. The van der Waals surface area contributed by atoms with Crippen LogP contribution in [-0.2, 0) is 16.0 Å². The summed E-state index contributed by atoms with van der Waals surface area (Å²) in [4.78, 5) is 25.2. The van der Waals surface area contributed by atoms with Crippen molar-refractivity contribution in [3.05, 3.63) is 69.0 Å². The van der Waals surface area contributed by atoms with Crippen molar-refractivity contribution in [3.63, 3.8) is 0 Å². The Bertz CT molecular complexity index is 1080. The number of anilines is 1. The number of halogens is 1. The Kier molecular flexibility index (Phi) is 7.87. The van der Waals surface area contributed by atoms with Crippen LogP contribution in [0.4, 0.5) is 5.00 Å². The van der Waals surface area contributed by atoms with E-state index in [1.807, 2.05) is 61.7 Å². The zero-order chi connectivity index (χ0) is 22.4. The number of carbonyl (C=O) groups excluding carboxylic acids is 2. The summed E-state index contributed by atoms with van der Waals surface area (Å²) in [6.07, 6.45) is 0.786. The molecular weight excluding hydrogens is 478 g/mol. The van der Waals surface area contributed by atoms with Crippen molar-refractivity contribution in [1.82, 2.24) is 0 Å². The van der Waals surface area contributed by atoms with E-state index in [0.717, 1.165) is 33.1 Å². The fraction of sp³-hybridized carbons (Fsp3) is 0.250. The highest BCUT2D eigenvalue weighted by Crippen LogP contribution is 2.36. The number of thiophene rings is 1. The normalized spacial score (nSPS) is 10.6. The summed E-state index contributed by atoms with van der Waals surface area (Å²) < 4.78 is 11.9. The lowest BCUT2D eigenvalue weighted by Gasteiger charge is -2.12. The van der Waals surface area contributed by atoms with Crippen LogP contribution in [0.3, 0.4) is 0 Å². The first-order valence-corrected chi connectivity index (χ1v) is 11.7. The Morgan fingerprint density at radius 1 is 1.10 bits per heavy atom. The summed E-state index contributed by atoms with van der Waals surface area (Å²) in [5, 5.41) is 5.13. The molecule has 1 amide bonds. The van der Waals surface area contributed by atoms with Crippen LogP contribution in [-0.4, -0.2) is 25.1 Å². The second-order valence-electron chi connectivity index (χ2n) is 6.88. The van der Waals surface area contributed by atoms with Gasteiger partial charge in [0.1, 0.15) is 16.3 Å². The Morgan fingerprint density at radius 2 is 1.84 bits per heavy atom. The summed E-state index contributed by atoms with van der Waals surface area (Å²) in [6.45, 7) is 5.88. The molecule has 0 unspecified atom stereocenters. The lowest BCUT2D eigenvalue weighted by Crippen LogP contribution is -2.21. The largest absolute Gasteiger partial charge is 0.483 e. The van der Waals surface area contributed by atoms with Crippen LogP contribution in [0.5, 0.6) is 5.75 Å². The zero-order valence-electron chi connectivity index (χ0n) is 17.7. The van der Waals surface area contributed by atoms with Crippen LogP contribution >= 0.6 is 27.3 Å². The van der Waals surface area contributed by atoms with E-state index in [1.54, 1.807) is 6.92 Å². The number of aryl methyl sites for hydroxylation is 2. The third kappa shape index (κ3) is 5.74. The molecule has 3 rings (SSSR count). The van der Waals surface area contributed by atoms with Crippen molar-refractivity contribution in [2.45, 2.75) is 27.2 Å². The van der Waals surface area contributed by atoms with Gasteiger partial charge in [-0.15, -0.1) is 11.3 Å². The van der Waals surface area contributed by atoms with Gasteiger partial charge in [-0.05, 0) is 49.6 Å². The second kappa shape index (κ2) is 10.6. The van der Waals surface area contributed by atoms with E-state index in [-0.39, 0.29) is 19.1 Å². The average molecular weight is 502 g/mol. The van der Waals surface area contributed by atoms with E-state index < -0.39 is 5.97 Å². The zero-order valence-corrected chi connectivity index (χ0v) is 20.1. The molecule has 0 saturated heterocycles. The maximum Gasteiger partial charge on any atom is 0.341 e. The summed E-state index contributed by atoms with van der Waals surface area (Å²) in [6, 6.07) is 13.6. The van der Waals surface area contributed by atoms with Crippen LogP contribution in [0, 0.1) is 6.92 Å².